The summed E-state index contributed by atoms with van der Waals surface area (Å²) >= 11 is 3.32. The molecule has 0 radical (unpaired) electrons. The Kier molecular flexibility index (Phi) is 4.96. The molecule has 0 aromatic heterocycles. The summed E-state index contributed by atoms with van der Waals surface area (Å²) in [6, 6.07) is 9.35. The molecular formula is C11H12BrN3O. The maximum absolute atomic E-state index is 11.5. The monoisotopic (exact) mass is 281 g/mol. The van der Waals surface area contributed by atoms with Crippen LogP contribution in [0.15, 0.2) is 28.7 Å². The van der Waals surface area contributed by atoms with Crippen LogP contribution in [0.4, 0.5) is 5.69 Å². The highest BCUT2D eigenvalue weighted by Crippen LogP contribution is 2.15. The first kappa shape index (κ1) is 12.7. The number of carbonyl (C=O) groups is 1. The summed E-state index contributed by atoms with van der Waals surface area (Å²) in [7, 11) is 1.73. The predicted molar refractivity (Wildman–Crippen MR) is 65.9 cm³/mol. The minimum atomic E-state index is -0.129. The van der Waals surface area contributed by atoms with E-state index in [0.717, 1.165) is 10.2 Å². The summed E-state index contributed by atoms with van der Waals surface area (Å²) in [5, 5.41) is 11.2. The van der Waals surface area contributed by atoms with Gasteiger partial charge in [0.25, 0.3) is 0 Å². The second-order valence-electron chi connectivity index (χ2n) is 3.39. The molecule has 1 aromatic carbocycles. The molecule has 0 fully saturated rings. The molecule has 1 aromatic rings. The molecule has 0 heterocycles. The Hall–Kier alpha value is -1.38. The molecule has 0 saturated carbocycles. The highest BCUT2D eigenvalue weighted by atomic mass is 79.9. The minimum Gasteiger partial charge on any atom is -0.325 e. The van der Waals surface area contributed by atoms with E-state index < -0.39 is 0 Å². The first-order valence-corrected chi connectivity index (χ1v) is 5.52. The Morgan fingerprint density at radius 2 is 2.38 bits per heavy atom. The summed E-state index contributed by atoms with van der Waals surface area (Å²) < 4.78 is 0.913. The van der Waals surface area contributed by atoms with Crippen molar-refractivity contribution in [1.82, 2.24) is 4.90 Å². The van der Waals surface area contributed by atoms with Gasteiger partial charge in [-0.15, -0.1) is 0 Å². The summed E-state index contributed by atoms with van der Waals surface area (Å²) in [6.45, 7) is 0.450. The maximum atomic E-state index is 11.5. The fourth-order valence-electron chi connectivity index (χ4n) is 1.19. The molecule has 0 atom stereocenters. The van der Waals surface area contributed by atoms with Crippen LogP contribution in [0.2, 0.25) is 0 Å². The van der Waals surface area contributed by atoms with Crippen molar-refractivity contribution in [2.75, 3.05) is 25.5 Å². The van der Waals surface area contributed by atoms with Crippen molar-refractivity contribution in [3.8, 4) is 6.07 Å². The number of halogens is 1. The van der Waals surface area contributed by atoms with E-state index in [1.807, 2.05) is 30.3 Å². The molecular weight excluding hydrogens is 270 g/mol. The largest absolute Gasteiger partial charge is 0.325 e. The Morgan fingerprint density at radius 3 is 3.00 bits per heavy atom. The van der Waals surface area contributed by atoms with Gasteiger partial charge in [-0.3, -0.25) is 9.69 Å². The zero-order valence-electron chi connectivity index (χ0n) is 8.90. The molecule has 1 amide bonds. The molecule has 0 aliphatic rings. The Balaban J connectivity index is 2.49. The van der Waals surface area contributed by atoms with Gasteiger partial charge in [0.1, 0.15) is 0 Å². The van der Waals surface area contributed by atoms with Gasteiger partial charge in [0.2, 0.25) is 5.91 Å². The molecule has 1 rings (SSSR count). The van der Waals surface area contributed by atoms with E-state index in [2.05, 4.69) is 21.2 Å². The lowest BCUT2D eigenvalue weighted by Gasteiger charge is -2.12. The number of likely N-dealkylation sites (N-methyl/N-ethyl adjacent to an activating group) is 1. The molecule has 0 saturated heterocycles. The van der Waals surface area contributed by atoms with E-state index >= 15 is 0 Å². The number of hydrogen-bond donors (Lipinski definition) is 1. The minimum absolute atomic E-state index is 0.129. The van der Waals surface area contributed by atoms with Crippen molar-refractivity contribution in [2.24, 2.45) is 0 Å². The molecule has 0 unspecified atom stereocenters. The van der Waals surface area contributed by atoms with Gasteiger partial charge in [-0.25, -0.2) is 0 Å². The number of carbonyl (C=O) groups excluding carboxylic acids is 1. The van der Waals surface area contributed by atoms with Gasteiger partial charge in [0, 0.05) is 10.2 Å². The molecule has 84 valence electrons. The summed E-state index contributed by atoms with van der Waals surface area (Å²) in [6.07, 6.45) is 0. The molecule has 16 heavy (non-hydrogen) atoms. The van der Waals surface area contributed by atoms with Crippen LogP contribution in [0.1, 0.15) is 0 Å². The van der Waals surface area contributed by atoms with Crippen LogP contribution < -0.4 is 5.32 Å². The average Bonchev–Trinajstić information content (AvgIpc) is 2.17. The number of rotatable bonds is 4. The first-order valence-electron chi connectivity index (χ1n) is 4.72. The van der Waals surface area contributed by atoms with Crippen molar-refractivity contribution in [1.29, 1.82) is 5.26 Å². The van der Waals surface area contributed by atoms with Crippen LogP contribution in [0.5, 0.6) is 0 Å². The quantitative estimate of drug-likeness (QED) is 0.857. The lowest BCUT2D eigenvalue weighted by atomic mass is 10.3. The number of nitrogens with zero attached hydrogens (tertiary/aromatic N) is 2. The van der Waals surface area contributed by atoms with E-state index in [9.17, 15) is 4.79 Å². The number of benzene rings is 1. The third kappa shape index (κ3) is 4.43. The van der Waals surface area contributed by atoms with E-state index in [1.165, 1.54) is 0 Å². The maximum Gasteiger partial charge on any atom is 0.238 e. The summed E-state index contributed by atoms with van der Waals surface area (Å²) in [4.78, 5) is 13.2. The Morgan fingerprint density at radius 1 is 1.62 bits per heavy atom. The van der Waals surface area contributed by atoms with Gasteiger partial charge in [0.05, 0.1) is 19.2 Å². The van der Waals surface area contributed by atoms with Gasteiger partial charge in [-0.1, -0.05) is 22.0 Å². The number of hydrogen-bond acceptors (Lipinski definition) is 3. The third-order valence-corrected chi connectivity index (χ3v) is 2.36. The van der Waals surface area contributed by atoms with Crippen LogP contribution in [-0.4, -0.2) is 30.9 Å². The fourth-order valence-corrected chi connectivity index (χ4v) is 1.59. The van der Waals surface area contributed by atoms with Crippen molar-refractivity contribution in [2.45, 2.75) is 0 Å². The lowest BCUT2D eigenvalue weighted by Crippen LogP contribution is -2.30. The normalized spacial score (nSPS) is 9.88. The standard InChI is InChI=1S/C11H12BrN3O/c1-15(6-5-13)8-11(16)14-10-4-2-3-9(12)7-10/h2-4,7H,6,8H2,1H3,(H,14,16). The van der Waals surface area contributed by atoms with Crippen LogP contribution >= 0.6 is 15.9 Å². The van der Waals surface area contributed by atoms with Crippen molar-refractivity contribution in [3.05, 3.63) is 28.7 Å². The second-order valence-corrected chi connectivity index (χ2v) is 4.30. The second kappa shape index (κ2) is 6.26. The van der Waals surface area contributed by atoms with Gasteiger partial charge in [-0.05, 0) is 25.2 Å². The first-order chi connectivity index (χ1) is 7.61. The van der Waals surface area contributed by atoms with Crippen LogP contribution in [0.3, 0.4) is 0 Å². The number of amides is 1. The number of nitriles is 1. The van der Waals surface area contributed by atoms with Gasteiger partial charge < -0.3 is 5.32 Å². The SMILES string of the molecule is CN(CC#N)CC(=O)Nc1cccc(Br)c1. The van der Waals surface area contributed by atoms with Crippen molar-refractivity contribution < 1.29 is 4.79 Å². The topological polar surface area (TPSA) is 56.1 Å². The fraction of sp³-hybridized carbons (Fsp3) is 0.273. The summed E-state index contributed by atoms with van der Waals surface area (Å²) in [5.74, 6) is -0.129. The van der Waals surface area contributed by atoms with Crippen LogP contribution in [0, 0.1) is 11.3 Å². The highest BCUT2D eigenvalue weighted by molar-refractivity contribution is 9.10. The van der Waals surface area contributed by atoms with Crippen LogP contribution in [0.25, 0.3) is 0 Å². The zero-order chi connectivity index (χ0) is 12.0. The molecule has 5 heteroatoms. The van der Waals surface area contributed by atoms with Crippen molar-refractivity contribution >= 4 is 27.5 Å². The number of anilines is 1. The smallest absolute Gasteiger partial charge is 0.238 e. The van der Waals surface area contributed by atoms with Gasteiger partial charge >= 0.3 is 0 Å². The summed E-state index contributed by atoms with van der Waals surface area (Å²) in [5.41, 5.74) is 0.740. The molecule has 0 aliphatic carbocycles. The highest BCUT2D eigenvalue weighted by Gasteiger charge is 2.06. The molecule has 1 N–H and O–H groups in total. The Labute approximate surface area is 103 Å². The number of nitrogens with one attached hydrogen (secondary N) is 1. The lowest BCUT2D eigenvalue weighted by molar-refractivity contribution is -0.116. The molecule has 0 aliphatic heterocycles. The molecule has 0 bridgehead atoms. The van der Waals surface area contributed by atoms with E-state index in [4.69, 9.17) is 5.26 Å². The predicted octanol–water partition coefficient (Wildman–Crippen LogP) is 1.84. The molecule has 0 spiro atoms. The van der Waals surface area contributed by atoms with Gasteiger partial charge in [-0.2, -0.15) is 5.26 Å². The van der Waals surface area contributed by atoms with E-state index in [-0.39, 0.29) is 19.0 Å². The van der Waals surface area contributed by atoms with Crippen molar-refractivity contribution in [3.63, 3.8) is 0 Å². The zero-order valence-corrected chi connectivity index (χ0v) is 10.5. The van der Waals surface area contributed by atoms with Crippen LogP contribution in [-0.2, 0) is 4.79 Å². The average molecular weight is 282 g/mol. The third-order valence-electron chi connectivity index (χ3n) is 1.86. The van der Waals surface area contributed by atoms with Gasteiger partial charge in [0.15, 0.2) is 0 Å². The Bertz CT molecular complexity index is 414. The van der Waals surface area contributed by atoms with E-state index in [0.29, 0.717) is 0 Å². The van der Waals surface area contributed by atoms with E-state index in [1.54, 1.807) is 11.9 Å². The molecule has 4 nitrogen and oxygen atoms in total.